The van der Waals surface area contributed by atoms with Crippen LogP contribution in [-0.4, -0.2) is 32.4 Å². The van der Waals surface area contributed by atoms with E-state index >= 15 is 0 Å². The van der Waals surface area contributed by atoms with E-state index in [1.54, 1.807) is 6.07 Å². The number of hydrogen-bond donors (Lipinski definition) is 2. The molecule has 1 aromatic heterocycles. The second-order valence-electron chi connectivity index (χ2n) is 9.32. The first-order chi connectivity index (χ1) is 17.1. The van der Waals surface area contributed by atoms with Crippen LogP contribution in [0.4, 0.5) is 13.2 Å². The molecular weight excluding hydrogens is 495 g/mol. The number of nitrogens with zero attached hydrogens (tertiary/aromatic N) is 2. The van der Waals surface area contributed by atoms with E-state index in [2.05, 4.69) is 4.98 Å². The maximum absolute atomic E-state index is 13.1. The molecule has 0 spiro atoms. The van der Waals surface area contributed by atoms with Gasteiger partial charge in [0.2, 0.25) is 0 Å². The lowest BCUT2D eigenvalue weighted by molar-refractivity contribution is -0.141. The molecule has 2 N–H and O–H groups in total. The van der Waals surface area contributed by atoms with Crippen LogP contribution in [0, 0.1) is 0 Å². The van der Waals surface area contributed by atoms with Crippen molar-refractivity contribution >= 4 is 17.5 Å². The number of aromatic nitrogens is 2. The Morgan fingerprint density at radius 2 is 1.89 bits per heavy atom. The molecule has 2 aliphatic rings. The van der Waals surface area contributed by atoms with E-state index in [4.69, 9.17) is 16.6 Å². The highest BCUT2D eigenvalue weighted by Crippen LogP contribution is 2.52. The second kappa shape index (κ2) is 9.05. The van der Waals surface area contributed by atoms with Crippen LogP contribution in [0.3, 0.4) is 0 Å². The molecule has 1 saturated carbocycles. The molecule has 3 aromatic rings. The lowest BCUT2D eigenvalue weighted by Gasteiger charge is -2.24. The van der Waals surface area contributed by atoms with E-state index in [0.29, 0.717) is 34.9 Å². The number of aromatic amines is 1. The Kier molecular flexibility index (Phi) is 6.16. The predicted molar refractivity (Wildman–Crippen MR) is 126 cm³/mol. The molecule has 6 nitrogen and oxygen atoms in total. The van der Waals surface area contributed by atoms with Crippen LogP contribution < -0.4 is 5.56 Å². The van der Waals surface area contributed by atoms with Gasteiger partial charge in [-0.3, -0.25) is 9.59 Å². The maximum atomic E-state index is 13.1. The van der Waals surface area contributed by atoms with Crippen LogP contribution in [0.25, 0.3) is 0 Å². The summed E-state index contributed by atoms with van der Waals surface area (Å²) in [5.41, 5.74) is 0.411. The first-order valence-corrected chi connectivity index (χ1v) is 12.0. The number of nitrogens with one attached hydrogen (secondary N) is 1. The number of H-pyrrole nitrogens is 1. The van der Waals surface area contributed by atoms with Crippen molar-refractivity contribution in [2.24, 2.45) is 0 Å². The van der Waals surface area contributed by atoms with Gasteiger partial charge in [-0.25, -0.2) is 4.98 Å². The van der Waals surface area contributed by atoms with E-state index in [1.807, 2.05) is 18.2 Å². The van der Waals surface area contributed by atoms with Crippen molar-refractivity contribution in [2.75, 3.05) is 6.54 Å². The summed E-state index contributed by atoms with van der Waals surface area (Å²) in [7, 11) is 0. The molecule has 1 aliphatic carbocycles. The van der Waals surface area contributed by atoms with Gasteiger partial charge in [0.1, 0.15) is 5.82 Å². The fraction of sp³-hybridized carbons (Fsp3) is 0.346. The minimum atomic E-state index is -4.51. The van der Waals surface area contributed by atoms with Crippen LogP contribution in [-0.2, 0) is 29.4 Å². The summed E-state index contributed by atoms with van der Waals surface area (Å²) < 4.78 is 38.5. The topological polar surface area (TPSA) is 86.3 Å². The third kappa shape index (κ3) is 4.53. The number of aliphatic hydroxyl groups is 1. The predicted octanol–water partition coefficient (Wildman–Crippen LogP) is 4.53. The van der Waals surface area contributed by atoms with Gasteiger partial charge in [-0.05, 0) is 61.1 Å². The number of benzene rings is 2. The summed E-state index contributed by atoms with van der Waals surface area (Å²) in [6.45, 7) is 0.236. The zero-order valence-electron chi connectivity index (χ0n) is 19.1. The molecule has 2 heterocycles. The average Bonchev–Trinajstić information content (AvgIpc) is 3.67. The lowest BCUT2D eigenvalue weighted by Crippen LogP contribution is -2.36. The van der Waals surface area contributed by atoms with Crippen molar-refractivity contribution in [2.45, 2.75) is 49.9 Å². The molecular formula is C26H23ClF3N3O3. The Balaban J connectivity index is 1.39. The van der Waals surface area contributed by atoms with Gasteiger partial charge in [0.15, 0.2) is 6.10 Å². The Morgan fingerprint density at radius 3 is 2.53 bits per heavy atom. The fourth-order valence-electron chi connectivity index (χ4n) is 4.78. The zero-order chi connectivity index (χ0) is 25.7. The SMILES string of the molecule is O=C(C(O)c1ccc(C(F)(F)F)cc1)N1CCCc2nc(C3(c4cccc(Cl)c4)CC3)[nH]c(=O)c2C1. The largest absolute Gasteiger partial charge is 0.416 e. The molecule has 10 heteroatoms. The van der Waals surface area contributed by atoms with Crippen molar-refractivity contribution in [3.63, 3.8) is 0 Å². The van der Waals surface area contributed by atoms with Gasteiger partial charge in [0, 0.05) is 11.6 Å². The lowest BCUT2D eigenvalue weighted by atomic mass is 9.94. The third-order valence-corrected chi connectivity index (χ3v) is 7.21. The Hall–Kier alpha value is -3.17. The van der Waals surface area contributed by atoms with Crippen molar-refractivity contribution in [1.82, 2.24) is 14.9 Å². The van der Waals surface area contributed by atoms with Crippen molar-refractivity contribution in [3.8, 4) is 0 Å². The summed E-state index contributed by atoms with van der Waals surface area (Å²) >= 11 is 6.18. The minimum Gasteiger partial charge on any atom is -0.378 e. The van der Waals surface area contributed by atoms with Gasteiger partial charge in [0.05, 0.1) is 28.8 Å². The smallest absolute Gasteiger partial charge is 0.378 e. The average molecular weight is 518 g/mol. The third-order valence-electron chi connectivity index (χ3n) is 6.97. The summed E-state index contributed by atoms with van der Waals surface area (Å²) in [4.78, 5) is 35.2. The second-order valence-corrected chi connectivity index (χ2v) is 9.75. The first-order valence-electron chi connectivity index (χ1n) is 11.6. The van der Waals surface area contributed by atoms with E-state index in [9.17, 15) is 27.9 Å². The minimum absolute atomic E-state index is 0.0430. The van der Waals surface area contributed by atoms with E-state index < -0.39 is 23.8 Å². The highest BCUT2D eigenvalue weighted by Gasteiger charge is 2.49. The summed E-state index contributed by atoms with van der Waals surface area (Å²) in [6, 6.07) is 11.3. The van der Waals surface area contributed by atoms with Crippen LogP contribution in [0.15, 0.2) is 53.3 Å². The van der Waals surface area contributed by atoms with E-state index in [0.717, 1.165) is 42.7 Å². The normalized spacial score (nSPS) is 17.8. The number of alkyl halides is 3. The van der Waals surface area contributed by atoms with Crippen LogP contribution >= 0.6 is 11.6 Å². The van der Waals surface area contributed by atoms with E-state index in [1.165, 1.54) is 4.90 Å². The summed E-state index contributed by atoms with van der Waals surface area (Å²) in [6.07, 6.45) is -3.48. The van der Waals surface area contributed by atoms with Crippen molar-refractivity contribution < 1.29 is 23.1 Å². The molecule has 188 valence electrons. The van der Waals surface area contributed by atoms with Crippen LogP contribution in [0.5, 0.6) is 0 Å². The Bertz CT molecular complexity index is 1370. The molecule has 5 rings (SSSR count). The number of halogens is 4. The number of rotatable bonds is 4. The Labute approximate surface area is 209 Å². The standard InChI is InChI=1S/C26H23ClF3N3O3/c27-18-4-1-3-17(13-18)25(10-11-25)24-31-20-5-2-12-33(14-19(20)22(35)32-24)23(36)21(34)15-6-8-16(9-7-15)26(28,29)30/h1,3-4,6-9,13,21,34H,2,5,10-12,14H2,(H,31,32,35). The van der Waals surface area contributed by atoms with Crippen LogP contribution in [0.2, 0.25) is 5.02 Å². The molecule has 36 heavy (non-hydrogen) atoms. The molecule has 0 bridgehead atoms. The molecule has 0 radical (unpaired) electrons. The molecule has 1 aliphatic heterocycles. The van der Waals surface area contributed by atoms with Crippen molar-refractivity contribution in [1.29, 1.82) is 0 Å². The molecule has 0 saturated heterocycles. The summed E-state index contributed by atoms with van der Waals surface area (Å²) in [5.74, 6) is -0.0956. The maximum Gasteiger partial charge on any atom is 0.416 e. The summed E-state index contributed by atoms with van der Waals surface area (Å²) in [5, 5.41) is 11.2. The quantitative estimate of drug-likeness (QED) is 0.532. The number of carbonyl (C=O) groups excluding carboxylic acids is 1. The number of aliphatic hydroxyl groups excluding tert-OH is 1. The van der Waals surface area contributed by atoms with Gasteiger partial charge in [-0.2, -0.15) is 13.2 Å². The van der Waals surface area contributed by atoms with Gasteiger partial charge < -0.3 is 15.0 Å². The number of carbonyl (C=O) groups is 1. The van der Waals surface area contributed by atoms with Gasteiger partial charge in [-0.15, -0.1) is 0 Å². The number of hydrogen-bond acceptors (Lipinski definition) is 4. The molecule has 1 unspecified atom stereocenters. The van der Waals surface area contributed by atoms with Gasteiger partial charge >= 0.3 is 6.18 Å². The van der Waals surface area contributed by atoms with E-state index in [-0.39, 0.29) is 29.6 Å². The van der Waals surface area contributed by atoms with Gasteiger partial charge in [-0.1, -0.05) is 35.9 Å². The zero-order valence-corrected chi connectivity index (χ0v) is 19.9. The number of amides is 1. The molecule has 1 fully saturated rings. The monoisotopic (exact) mass is 517 g/mol. The highest BCUT2D eigenvalue weighted by molar-refractivity contribution is 6.30. The van der Waals surface area contributed by atoms with Crippen molar-refractivity contribution in [3.05, 3.63) is 97.7 Å². The number of aryl methyl sites for hydroxylation is 1. The molecule has 2 aromatic carbocycles. The fourth-order valence-corrected chi connectivity index (χ4v) is 4.97. The first kappa shape index (κ1) is 24.5. The van der Waals surface area contributed by atoms with Gasteiger partial charge in [0.25, 0.3) is 11.5 Å². The van der Waals surface area contributed by atoms with Crippen LogP contribution in [0.1, 0.15) is 59.1 Å². The molecule has 1 amide bonds. The highest BCUT2D eigenvalue weighted by atomic mass is 35.5. The Morgan fingerprint density at radius 1 is 1.17 bits per heavy atom. The molecule has 1 atom stereocenters. The number of fused-ring (bicyclic) bond motifs is 1.